The molecule has 0 aliphatic carbocycles. The summed E-state index contributed by atoms with van der Waals surface area (Å²) < 4.78 is 5.62. The Labute approximate surface area is 102 Å². The van der Waals surface area contributed by atoms with Crippen molar-refractivity contribution in [1.82, 2.24) is 5.32 Å². The van der Waals surface area contributed by atoms with Gasteiger partial charge in [0.15, 0.2) is 5.78 Å². The topological polar surface area (TPSA) is 38.3 Å². The Morgan fingerprint density at radius 3 is 3.00 bits per heavy atom. The van der Waals surface area contributed by atoms with Crippen LogP contribution in [0.5, 0.6) is 5.75 Å². The molecule has 0 spiro atoms. The van der Waals surface area contributed by atoms with Crippen molar-refractivity contribution in [2.75, 3.05) is 13.2 Å². The number of rotatable bonds is 5. The van der Waals surface area contributed by atoms with E-state index in [0.29, 0.717) is 13.0 Å². The van der Waals surface area contributed by atoms with Gasteiger partial charge in [-0.3, -0.25) is 4.79 Å². The zero-order chi connectivity index (χ0) is 12.1. The molecule has 0 radical (unpaired) electrons. The summed E-state index contributed by atoms with van der Waals surface area (Å²) in [4.78, 5) is 11.8. The maximum absolute atomic E-state index is 11.8. The van der Waals surface area contributed by atoms with Gasteiger partial charge in [0.2, 0.25) is 0 Å². The van der Waals surface area contributed by atoms with E-state index in [0.717, 1.165) is 30.7 Å². The third-order valence-corrected chi connectivity index (χ3v) is 3.15. The minimum Gasteiger partial charge on any atom is -0.493 e. The number of nitrogens with one attached hydrogen (secondary N) is 1. The number of hydrogen-bond acceptors (Lipinski definition) is 3. The van der Waals surface area contributed by atoms with Crippen molar-refractivity contribution in [2.45, 2.75) is 32.2 Å². The number of para-hydroxylation sites is 1. The van der Waals surface area contributed by atoms with Crippen LogP contribution in [0.25, 0.3) is 0 Å². The maximum atomic E-state index is 11.8. The number of carbonyl (C=O) groups excluding carboxylic acids is 1. The Bertz CT molecular complexity index is 384. The summed E-state index contributed by atoms with van der Waals surface area (Å²) in [5.41, 5.74) is 1.11. The molecular weight excluding hydrogens is 214 g/mol. The summed E-state index contributed by atoms with van der Waals surface area (Å²) in [5, 5.41) is 3.21. The van der Waals surface area contributed by atoms with Gasteiger partial charge in [-0.05, 0) is 37.9 Å². The predicted molar refractivity (Wildman–Crippen MR) is 67.3 cm³/mol. The highest BCUT2D eigenvalue weighted by molar-refractivity contribution is 5.84. The van der Waals surface area contributed by atoms with E-state index in [-0.39, 0.29) is 11.8 Å². The Kier molecular flexibility index (Phi) is 4.15. The van der Waals surface area contributed by atoms with Crippen molar-refractivity contribution >= 4 is 5.78 Å². The van der Waals surface area contributed by atoms with Crippen molar-refractivity contribution in [3.05, 3.63) is 29.8 Å². The molecule has 1 unspecified atom stereocenters. The zero-order valence-corrected chi connectivity index (χ0v) is 10.2. The second-order valence-corrected chi connectivity index (χ2v) is 4.48. The lowest BCUT2D eigenvalue weighted by Crippen LogP contribution is -2.31. The minimum atomic E-state index is 0.0653. The molecule has 3 heteroatoms. The monoisotopic (exact) mass is 233 g/mol. The first-order valence-corrected chi connectivity index (χ1v) is 6.22. The third-order valence-electron chi connectivity index (χ3n) is 3.15. The molecule has 1 aromatic rings. The van der Waals surface area contributed by atoms with Crippen LogP contribution in [0.2, 0.25) is 0 Å². The number of carbonyl (C=O) groups is 1. The highest BCUT2D eigenvalue weighted by Gasteiger charge is 2.21. The SMILES string of the molecule is Cc1ccccc1OCCC(=O)C1CCCN1. The van der Waals surface area contributed by atoms with E-state index in [1.54, 1.807) is 0 Å². The van der Waals surface area contributed by atoms with Crippen LogP contribution >= 0.6 is 0 Å². The highest BCUT2D eigenvalue weighted by atomic mass is 16.5. The standard InChI is InChI=1S/C14H19NO2/c1-11-5-2-3-7-14(11)17-10-8-13(16)12-6-4-9-15-12/h2-3,5,7,12,15H,4,6,8-10H2,1H3. The first-order valence-electron chi connectivity index (χ1n) is 6.22. The average Bonchev–Trinajstić information content (AvgIpc) is 2.85. The van der Waals surface area contributed by atoms with Crippen molar-refractivity contribution in [2.24, 2.45) is 0 Å². The molecule has 0 bridgehead atoms. The second kappa shape index (κ2) is 5.82. The van der Waals surface area contributed by atoms with E-state index < -0.39 is 0 Å². The van der Waals surface area contributed by atoms with Crippen molar-refractivity contribution < 1.29 is 9.53 Å². The van der Waals surface area contributed by atoms with E-state index in [9.17, 15) is 4.79 Å². The van der Waals surface area contributed by atoms with E-state index in [1.165, 1.54) is 0 Å². The lowest BCUT2D eigenvalue weighted by molar-refractivity contribution is -0.121. The molecule has 17 heavy (non-hydrogen) atoms. The molecule has 1 aromatic carbocycles. The van der Waals surface area contributed by atoms with E-state index >= 15 is 0 Å². The van der Waals surface area contributed by atoms with Crippen LogP contribution in [0.4, 0.5) is 0 Å². The van der Waals surface area contributed by atoms with E-state index in [1.807, 2.05) is 31.2 Å². The summed E-state index contributed by atoms with van der Waals surface area (Å²) in [7, 11) is 0. The molecule has 0 aromatic heterocycles. The third kappa shape index (κ3) is 3.30. The van der Waals surface area contributed by atoms with E-state index in [2.05, 4.69) is 5.32 Å². The van der Waals surface area contributed by atoms with Crippen LogP contribution in [0.1, 0.15) is 24.8 Å². The fourth-order valence-corrected chi connectivity index (χ4v) is 2.11. The highest BCUT2D eigenvalue weighted by Crippen LogP contribution is 2.16. The van der Waals surface area contributed by atoms with Gasteiger partial charge in [0, 0.05) is 6.42 Å². The first kappa shape index (κ1) is 12.1. The lowest BCUT2D eigenvalue weighted by atomic mass is 10.1. The molecular formula is C14H19NO2. The Morgan fingerprint density at radius 2 is 2.29 bits per heavy atom. The Hall–Kier alpha value is -1.35. The van der Waals surface area contributed by atoms with Crippen LogP contribution in [0.15, 0.2) is 24.3 Å². The van der Waals surface area contributed by atoms with Crippen LogP contribution in [0, 0.1) is 6.92 Å². The van der Waals surface area contributed by atoms with Gasteiger partial charge < -0.3 is 10.1 Å². The zero-order valence-electron chi connectivity index (χ0n) is 10.2. The number of Topliss-reactive ketones (excluding diaryl/α,β-unsaturated/α-hetero) is 1. The van der Waals surface area contributed by atoms with Gasteiger partial charge in [0.25, 0.3) is 0 Å². The molecule has 1 fully saturated rings. The van der Waals surface area contributed by atoms with Crippen molar-refractivity contribution in [3.63, 3.8) is 0 Å². The van der Waals surface area contributed by atoms with Gasteiger partial charge in [-0.1, -0.05) is 18.2 Å². The van der Waals surface area contributed by atoms with Crippen molar-refractivity contribution in [1.29, 1.82) is 0 Å². The van der Waals surface area contributed by atoms with Gasteiger partial charge in [0.1, 0.15) is 5.75 Å². The van der Waals surface area contributed by atoms with Gasteiger partial charge in [-0.25, -0.2) is 0 Å². The number of ketones is 1. The Morgan fingerprint density at radius 1 is 1.47 bits per heavy atom. The van der Waals surface area contributed by atoms with Crippen LogP contribution in [-0.4, -0.2) is 25.0 Å². The van der Waals surface area contributed by atoms with Crippen LogP contribution < -0.4 is 10.1 Å². The van der Waals surface area contributed by atoms with Gasteiger partial charge in [0.05, 0.1) is 12.6 Å². The molecule has 2 rings (SSSR count). The first-order chi connectivity index (χ1) is 8.27. The summed E-state index contributed by atoms with van der Waals surface area (Å²) in [6.45, 7) is 3.45. The number of hydrogen-bond donors (Lipinski definition) is 1. The average molecular weight is 233 g/mol. The predicted octanol–water partition coefficient (Wildman–Crippen LogP) is 2.09. The van der Waals surface area contributed by atoms with Gasteiger partial charge >= 0.3 is 0 Å². The van der Waals surface area contributed by atoms with Gasteiger partial charge in [-0.15, -0.1) is 0 Å². The second-order valence-electron chi connectivity index (χ2n) is 4.48. The van der Waals surface area contributed by atoms with Crippen LogP contribution in [0.3, 0.4) is 0 Å². The summed E-state index contributed by atoms with van der Waals surface area (Å²) in [6, 6.07) is 7.94. The molecule has 1 saturated heterocycles. The maximum Gasteiger partial charge on any atom is 0.153 e. The lowest BCUT2D eigenvalue weighted by Gasteiger charge is -2.11. The molecule has 0 saturated carbocycles. The smallest absolute Gasteiger partial charge is 0.153 e. The summed E-state index contributed by atoms with van der Waals surface area (Å²) >= 11 is 0. The molecule has 92 valence electrons. The fourth-order valence-electron chi connectivity index (χ4n) is 2.11. The van der Waals surface area contributed by atoms with Gasteiger partial charge in [-0.2, -0.15) is 0 Å². The minimum absolute atomic E-state index is 0.0653. The molecule has 0 amide bonds. The summed E-state index contributed by atoms with van der Waals surface area (Å²) in [5.74, 6) is 1.15. The van der Waals surface area contributed by atoms with E-state index in [4.69, 9.17) is 4.74 Å². The molecule has 1 heterocycles. The summed E-state index contributed by atoms with van der Waals surface area (Å²) in [6.07, 6.45) is 2.57. The number of benzene rings is 1. The molecule has 1 atom stereocenters. The quantitative estimate of drug-likeness (QED) is 0.846. The fraction of sp³-hybridized carbons (Fsp3) is 0.500. The Balaban J connectivity index is 1.76. The molecule has 1 N–H and O–H groups in total. The number of aryl methyl sites for hydroxylation is 1. The van der Waals surface area contributed by atoms with Crippen molar-refractivity contribution in [3.8, 4) is 5.75 Å². The molecule has 1 aliphatic rings. The largest absolute Gasteiger partial charge is 0.493 e. The van der Waals surface area contributed by atoms with Crippen LogP contribution in [-0.2, 0) is 4.79 Å². The normalized spacial score (nSPS) is 19.2. The molecule has 3 nitrogen and oxygen atoms in total. The number of ether oxygens (including phenoxy) is 1. The molecule has 1 aliphatic heterocycles.